The lowest BCUT2D eigenvalue weighted by Gasteiger charge is -2.36. The van der Waals surface area contributed by atoms with Crippen LogP contribution in [0, 0.1) is 6.92 Å². The molecule has 0 fully saturated rings. The summed E-state index contributed by atoms with van der Waals surface area (Å²) < 4.78 is 7.89. The Bertz CT molecular complexity index is 1310. The summed E-state index contributed by atoms with van der Waals surface area (Å²) in [4.78, 5) is 4.45. The van der Waals surface area contributed by atoms with Gasteiger partial charge in [0.05, 0.1) is 23.2 Å². The summed E-state index contributed by atoms with van der Waals surface area (Å²) in [6.45, 7) is 1.90. The summed E-state index contributed by atoms with van der Waals surface area (Å²) in [5.74, 6) is 0.415. The van der Waals surface area contributed by atoms with Crippen molar-refractivity contribution in [3.8, 4) is 5.88 Å². The van der Waals surface area contributed by atoms with E-state index in [-0.39, 0.29) is 13.2 Å². The van der Waals surface area contributed by atoms with Crippen molar-refractivity contribution in [3.05, 3.63) is 125 Å². The third-order valence-electron chi connectivity index (χ3n) is 6.00. The van der Waals surface area contributed by atoms with Crippen molar-refractivity contribution in [2.45, 2.75) is 12.5 Å². The molecule has 0 atom stereocenters. The summed E-state index contributed by atoms with van der Waals surface area (Å²) >= 11 is 6.46. The van der Waals surface area contributed by atoms with Gasteiger partial charge in [-0.05, 0) is 23.6 Å². The van der Waals surface area contributed by atoms with E-state index in [1.165, 1.54) is 0 Å². The van der Waals surface area contributed by atoms with Gasteiger partial charge in [0.1, 0.15) is 17.3 Å². The number of hydrogen-bond acceptors (Lipinski definition) is 4. The quantitative estimate of drug-likeness (QED) is 0.249. The molecule has 0 bridgehead atoms. The van der Waals surface area contributed by atoms with Crippen LogP contribution in [0.25, 0.3) is 10.9 Å². The molecule has 3 aromatic carbocycles. The van der Waals surface area contributed by atoms with E-state index in [4.69, 9.17) is 21.4 Å². The summed E-state index contributed by atoms with van der Waals surface area (Å²) in [5.41, 5.74) is 3.80. The van der Waals surface area contributed by atoms with E-state index in [1.807, 2.05) is 72.3 Å². The number of ether oxygens (including phenoxy) is 1. The predicted octanol–water partition coefficient (Wildman–Crippen LogP) is 5.60. The van der Waals surface area contributed by atoms with Crippen LogP contribution in [0.15, 0.2) is 97.1 Å². The zero-order valence-corrected chi connectivity index (χ0v) is 19.5. The Kier molecular flexibility index (Phi) is 6.05. The number of rotatable bonds is 7. The number of aliphatic hydroxyl groups excluding tert-OH is 1. The lowest BCUT2D eigenvalue weighted by Crippen LogP contribution is -2.38. The third-order valence-corrected chi connectivity index (χ3v) is 6.20. The van der Waals surface area contributed by atoms with Crippen molar-refractivity contribution < 1.29 is 9.84 Å². The highest BCUT2D eigenvalue weighted by Crippen LogP contribution is 2.44. The first-order valence-electron chi connectivity index (χ1n) is 11.1. The van der Waals surface area contributed by atoms with Gasteiger partial charge < -0.3 is 9.84 Å². The minimum atomic E-state index is -0.819. The van der Waals surface area contributed by atoms with Crippen LogP contribution in [-0.2, 0) is 5.54 Å². The molecule has 0 amide bonds. The van der Waals surface area contributed by atoms with Crippen LogP contribution >= 0.6 is 11.6 Å². The second-order valence-electron chi connectivity index (χ2n) is 8.02. The molecule has 0 saturated heterocycles. The molecule has 0 aliphatic rings. The highest BCUT2D eigenvalue weighted by Gasteiger charge is 2.41. The van der Waals surface area contributed by atoms with Crippen LogP contribution in [0.1, 0.15) is 22.4 Å². The molecule has 5 rings (SSSR count). The molecular formula is C28H24ClN3O2. The molecule has 0 aliphatic carbocycles. The Morgan fingerprint density at radius 3 is 1.82 bits per heavy atom. The fourth-order valence-electron chi connectivity index (χ4n) is 4.65. The van der Waals surface area contributed by atoms with E-state index < -0.39 is 5.54 Å². The number of fused-ring (bicyclic) bond motifs is 1. The molecule has 0 aliphatic heterocycles. The minimum absolute atomic E-state index is 0.115. The number of aryl methyl sites for hydroxylation is 1. The molecule has 5 aromatic rings. The highest BCUT2D eigenvalue weighted by atomic mass is 35.5. The smallest absolute Gasteiger partial charge is 0.242 e. The van der Waals surface area contributed by atoms with E-state index in [1.54, 1.807) is 0 Å². The van der Waals surface area contributed by atoms with Crippen molar-refractivity contribution in [1.82, 2.24) is 14.8 Å². The predicted molar refractivity (Wildman–Crippen MR) is 134 cm³/mol. The number of hydrogen-bond donors (Lipinski definition) is 1. The first-order valence-corrected chi connectivity index (χ1v) is 11.5. The maximum Gasteiger partial charge on any atom is 0.242 e. The number of nitrogens with zero attached hydrogens (tertiary/aromatic N) is 3. The maximum atomic E-state index is 9.42. The SMILES string of the molecule is Cc1nc(Cl)cc2c1c(OCCO)nn2C(c1ccccc1)(c1ccccc1)c1ccccc1. The number of benzene rings is 3. The standard InChI is InChI=1S/C28H24ClN3O2/c1-20-26-24(19-25(29)30-20)32(31-27(26)34-18-17-33)28(21-11-5-2-6-12-21,22-13-7-3-8-14-22)23-15-9-4-10-16-23/h2-16,19,33H,17-18H2,1H3. The van der Waals surface area contributed by atoms with Crippen molar-refractivity contribution in [2.75, 3.05) is 13.2 Å². The first-order chi connectivity index (χ1) is 16.7. The topological polar surface area (TPSA) is 60.2 Å². The summed E-state index contributed by atoms with van der Waals surface area (Å²) in [6, 6.07) is 32.7. The van der Waals surface area contributed by atoms with Crippen LogP contribution < -0.4 is 4.74 Å². The van der Waals surface area contributed by atoms with Gasteiger partial charge in [0.25, 0.3) is 0 Å². The molecule has 0 saturated carbocycles. The molecule has 2 heterocycles. The number of aliphatic hydroxyl groups is 1. The molecular weight excluding hydrogens is 446 g/mol. The van der Waals surface area contributed by atoms with Gasteiger partial charge in [0, 0.05) is 6.07 Å². The minimum Gasteiger partial charge on any atom is -0.474 e. The molecule has 170 valence electrons. The average Bonchev–Trinajstić information content (AvgIpc) is 3.24. The van der Waals surface area contributed by atoms with Gasteiger partial charge in [-0.1, -0.05) is 103 Å². The molecule has 0 radical (unpaired) electrons. The Hall–Kier alpha value is -3.67. The fourth-order valence-corrected chi connectivity index (χ4v) is 4.88. The summed E-state index contributed by atoms with van der Waals surface area (Å²) in [6.07, 6.45) is 0. The van der Waals surface area contributed by atoms with Gasteiger partial charge in [-0.3, -0.25) is 0 Å². The fraction of sp³-hybridized carbons (Fsp3) is 0.143. The summed E-state index contributed by atoms with van der Waals surface area (Å²) in [5, 5.41) is 15.6. The van der Waals surface area contributed by atoms with Crippen LogP contribution in [0.5, 0.6) is 5.88 Å². The van der Waals surface area contributed by atoms with Crippen molar-refractivity contribution in [1.29, 1.82) is 0 Å². The van der Waals surface area contributed by atoms with Crippen LogP contribution in [-0.4, -0.2) is 33.1 Å². The Morgan fingerprint density at radius 1 is 0.853 bits per heavy atom. The van der Waals surface area contributed by atoms with Gasteiger partial charge in [0.2, 0.25) is 5.88 Å². The van der Waals surface area contributed by atoms with Crippen LogP contribution in [0.3, 0.4) is 0 Å². The molecule has 6 heteroatoms. The molecule has 34 heavy (non-hydrogen) atoms. The van der Waals surface area contributed by atoms with Crippen molar-refractivity contribution in [2.24, 2.45) is 0 Å². The molecule has 1 N–H and O–H groups in total. The van der Waals surface area contributed by atoms with Crippen LogP contribution in [0.2, 0.25) is 5.15 Å². The lowest BCUT2D eigenvalue weighted by atomic mass is 9.77. The number of pyridine rings is 1. The second kappa shape index (κ2) is 9.29. The average molecular weight is 470 g/mol. The van der Waals surface area contributed by atoms with E-state index in [2.05, 4.69) is 41.4 Å². The van der Waals surface area contributed by atoms with Gasteiger partial charge in [-0.15, -0.1) is 5.10 Å². The maximum absolute atomic E-state index is 9.42. The second-order valence-corrected chi connectivity index (χ2v) is 8.41. The van der Waals surface area contributed by atoms with Gasteiger partial charge in [0.15, 0.2) is 0 Å². The first kappa shape index (κ1) is 22.1. The molecule has 2 aromatic heterocycles. The van der Waals surface area contributed by atoms with Gasteiger partial charge in [-0.25, -0.2) is 9.67 Å². The summed E-state index contributed by atoms with van der Waals surface area (Å²) in [7, 11) is 0. The van der Waals surface area contributed by atoms with E-state index in [0.29, 0.717) is 16.7 Å². The number of halogens is 1. The monoisotopic (exact) mass is 469 g/mol. The van der Waals surface area contributed by atoms with Crippen molar-refractivity contribution >= 4 is 22.5 Å². The Balaban J connectivity index is 1.97. The van der Waals surface area contributed by atoms with E-state index >= 15 is 0 Å². The van der Waals surface area contributed by atoms with Crippen LogP contribution in [0.4, 0.5) is 0 Å². The Morgan fingerprint density at radius 2 is 1.35 bits per heavy atom. The van der Waals surface area contributed by atoms with E-state index in [9.17, 15) is 5.11 Å². The molecule has 0 unspecified atom stereocenters. The normalized spacial score (nSPS) is 11.6. The largest absolute Gasteiger partial charge is 0.474 e. The zero-order chi connectivity index (χ0) is 23.5. The Labute approximate surface area is 203 Å². The molecule has 5 nitrogen and oxygen atoms in total. The third kappa shape index (κ3) is 3.63. The molecule has 0 spiro atoms. The number of aromatic nitrogens is 3. The van der Waals surface area contributed by atoms with Gasteiger partial charge in [-0.2, -0.15) is 0 Å². The highest BCUT2D eigenvalue weighted by molar-refractivity contribution is 6.30. The zero-order valence-electron chi connectivity index (χ0n) is 18.7. The van der Waals surface area contributed by atoms with Gasteiger partial charge >= 0.3 is 0 Å². The van der Waals surface area contributed by atoms with Crippen molar-refractivity contribution in [3.63, 3.8) is 0 Å². The lowest BCUT2D eigenvalue weighted by molar-refractivity contribution is 0.196. The van der Waals surface area contributed by atoms with E-state index in [0.717, 1.165) is 27.6 Å².